The van der Waals surface area contributed by atoms with Gasteiger partial charge in [0.1, 0.15) is 0 Å². The summed E-state index contributed by atoms with van der Waals surface area (Å²) >= 11 is 0. The van der Waals surface area contributed by atoms with Crippen molar-refractivity contribution >= 4 is 43.5 Å². The van der Waals surface area contributed by atoms with Gasteiger partial charge in [-0.2, -0.15) is 26.3 Å². The number of urea groups is 2. The summed E-state index contributed by atoms with van der Waals surface area (Å²) in [5.41, 5.74) is -2.39. The number of hydrogen-bond acceptors (Lipinski definition) is 6. The molecule has 4 amide bonds. The fourth-order valence-corrected chi connectivity index (χ4v) is 8.85. The lowest BCUT2D eigenvalue weighted by Gasteiger charge is -2.34. The normalized spacial score (nSPS) is 17.6. The standard InChI is InChI=1S/C36H30F6N4O6S2/c1-23-11-15-29(16-12-23)53(49,50)43-19-5-10-31(45(33(43)47)27-8-3-6-25(20-27)35(37,38)39)32-22-44(54(51,52)30-17-13-24(2)14-18-30)34(48)46(32)28-9-4-7-26(21-28)36(40,41)42/h3-4,6-18,20-21,32H,5,19,22H2,1-2H3. The van der Waals surface area contributed by atoms with Crippen LogP contribution >= 0.6 is 0 Å². The van der Waals surface area contributed by atoms with Crippen molar-refractivity contribution in [2.45, 2.75) is 48.5 Å². The summed E-state index contributed by atoms with van der Waals surface area (Å²) in [6.45, 7) is 2.01. The molecule has 1 saturated heterocycles. The Labute approximate surface area is 306 Å². The van der Waals surface area contributed by atoms with E-state index in [-0.39, 0.29) is 21.9 Å². The predicted molar refractivity (Wildman–Crippen MR) is 185 cm³/mol. The van der Waals surface area contributed by atoms with Gasteiger partial charge >= 0.3 is 24.4 Å². The van der Waals surface area contributed by atoms with Crippen LogP contribution in [-0.4, -0.2) is 56.6 Å². The second-order valence-electron chi connectivity index (χ2n) is 12.5. The van der Waals surface area contributed by atoms with Crippen LogP contribution in [0.2, 0.25) is 0 Å². The minimum Gasteiger partial charge on any atom is -0.283 e. The molecule has 54 heavy (non-hydrogen) atoms. The summed E-state index contributed by atoms with van der Waals surface area (Å²) in [6.07, 6.45) is -8.88. The smallest absolute Gasteiger partial charge is 0.283 e. The molecule has 4 aromatic rings. The van der Waals surface area contributed by atoms with Gasteiger partial charge in [0.05, 0.1) is 39.2 Å². The number of aryl methyl sites for hydroxylation is 2. The molecule has 18 heteroatoms. The number of amides is 4. The first kappa shape index (κ1) is 38.4. The highest BCUT2D eigenvalue weighted by atomic mass is 32.2. The molecule has 0 radical (unpaired) electrons. The molecule has 2 heterocycles. The Hall–Kier alpha value is -5.36. The van der Waals surface area contributed by atoms with E-state index in [2.05, 4.69) is 0 Å². The molecule has 0 aromatic heterocycles. The molecule has 2 aliphatic heterocycles. The van der Waals surface area contributed by atoms with Crippen LogP contribution < -0.4 is 9.80 Å². The number of anilines is 2. The Kier molecular flexibility index (Phi) is 9.81. The van der Waals surface area contributed by atoms with Crippen molar-refractivity contribution in [1.29, 1.82) is 0 Å². The van der Waals surface area contributed by atoms with Gasteiger partial charge < -0.3 is 0 Å². The second kappa shape index (κ2) is 13.8. The molecule has 0 N–H and O–H groups in total. The Morgan fingerprint density at radius 2 is 1.07 bits per heavy atom. The van der Waals surface area contributed by atoms with Crippen LogP contribution in [0.4, 0.5) is 47.3 Å². The van der Waals surface area contributed by atoms with Gasteiger partial charge in [-0.25, -0.2) is 35.0 Å². The molecule has 6 rings (SSSR count). The van der Waals surface area contributed by atoms with Crippen molar-refractivity contribution < 1.29 is 52.8 Å². The third-order valence-corrected chi connectivity index (χ3v) is 12.4. The van der Waals surface area contributed by atoms with Crippen molar-refractivity contribution in [3.8, 4) is 0 Å². The average Bonchev–Trinajstić information content (AvgIpc) is 3.36. The molecule has 1 unspecified atom stereocenters. The summed E-state index contributed by atoms with van der Waals surface area (Å²) < 4.78 is 141. The number of halogens is 6. The van der Waals surface area contributed by atoms with Crippen LogP contribution in [0.25, 0.3) is 0 Å². The van der Waals surface area contributed by atoms with Crippen molar-refractivity contribution in [1.82, 2.24) is 8.61 Å². The highest BCUT2D eigenvalue weighted by Crippen LogP contribution is 2.40. The molecule has 1 fully saturated rings. The maximum absolute atomic E-state index is 14.6. The van der Waals surface area contributed by atoms with E-state index in [9.17, 15) is 52.8 Å². The first-order valence-electron chi connectivity index (χ1n) is 16.1. The van der Waals surface area contributed by atoms with Crippen molar-refractivity contribution in [3.05, 3.63) is 131 Å². The number of carbonyl (C=O) groups is 2. The predicted octanol–water partition coefficient (Wildman–Crippen LogP) is 7.95. The van der Waals surface area contributed by atoms with E-state index in [0.717, 1.165) is 30.3 Å². The molecule has 4 aromatic carbocycles. The number of alkyl halides is 6. The van der Waals surface area contributed by atoms with Gasteiger partial charge in [0.2, 0.25) is 0 Å². The lowest BCUT2D eigenvalue weighted by molar-refractivity contribution is -0.138. The minimum atomic E-state index is -4.94. The van der Waals surface area contributed by atoms with Crippen LogP contribution in [0.1, 0.15) is 28.7 Å². The SMILES string of the molecule is Cc1ccc(S(=O)(=O)N2CCC=C(C3CN(S(=O)(=O)c4ccc(C)cc4)C(=O)N3c3cccc(C(F)(F)F)c3)N(c3cccc(C(F)(F)F)c3)C2=O)cc1. The molecular weight excluding hydrogens is 763 g/mol. The van der Waals surface area contributed by atoms with E-state index in [0.29, 0.717) is 47.7 Å². The van der Waals surface area contributed by atoms with Gasteiger partial charge in [0.25, 0.3) is 20.0 Å². The van der Waals surface area contributed by atoms with Crippen LogP contribution in [-0.2, 0) is 32.4 Å². The van der Waals surface area contributed by atoms with Crippen LogP contribution in [0, 0.1) is 13.8 Å². The van der Waals surface area contributed by atoms with Crippen molar-refractivity contribution in [3.63, 3.8) is 0 Å². The number of carbonyl (C=O) groups excluding carboxylic acids is 2. The van der Waals surface area contributed by atoms with Crippen LogP contribution in [0.5, 0.6) is 0 Å². The Bertz CT molecular complexity index is 2370. The summed E-state index contributed by atoms with van der Waals surface area (Å²) in [5.74, 6) is 0. The number of hydrogen-bond donors (Lipinski definition) is 0. The number of benzene rings is 4. The highest BCUT2D eigenvalue weighted by molar-refractivity contribution is 7.90. The molecule has 284 valence electrons. The molecular formula is C36H30F6N4O6S2. The molecule has 2 aliphatic rings. The molecule has 0 aliphatic carbocycles. The van der Waals surface area contributed by atoms with E-state index < -0.39 is 86.1 Å². The molecule has 0 spiro atoms. The van der Waals surface area contributed by atoms with Gasteiger partial charge in [-0.05, 0) is 80.9 Å². The maximum atomic E-state index is 14.6. The van der Waals surface area contributed by atoms with Gasteiger partial charge in [0.15, 0.2) is 0 Å². The summed E-state index contributed by atoms with van der Waals surface area (Å²) in [6, 6.07) is 13.1. The Balaban J connectivity index is 1.55. The van der Waals surface area contributed by atoms with Gasteiger partial charge in [-0.15, -0.1) is 0 Å². The molecule has 1 atom stereocenters. The first-order chi connectivity index (χ1) is 25.2. The van der Waals surface area contributed by atoms with E-state index in [4.69, 9.17) is 0 Å². The first-order valence-corrected chi connectivity index (χ1v) is 19.0. The monoisotopic (exact) mass is 792 g/mol. The minimum absolute atomic E-state index is 0.284. The molecule has 0 saturated carbocycles. The molecule has 10 nitrogen and oxygen atoms in total. The average molecular weight is 793 g/mol. The fourth-order valence-electron chi connectivity index (χ4n) is 6.12. The lowest BCUT2D eigenvalue weighted by atomic mass is 10.1. The van der Waals surface area contributed by atoms with E-state index >= 15 is 0 Å². The highest BCUT2D eigenvalue weighted by Gasteiger charge is 2.50. The second-order valence-corrected chi connectivity index (χ2v) is 16.3. The summed E-state index contributed by atoms with van der Waals surface area (Å²) in [4.78, 5) is 29.5. The zero-order chi connectivity index (χ0) is 39.4. The van der Waals surface area contributed by atoms with Gasteiger partial charge in [-0.3, -0.25) is 9.80 Å². The number of rotatable bonds is 7. The zero-order valence-corrected chi connectivity index (χ0v) is 30.0. The third-order valence-electron chi connectivity index (χ3n) is 8.86. The van der Waals surface area contributed by atoms with Crippen LogP contribution in [0.3, 0.4) is 0 Å². The maximum Gasteiger partial charge on any atom is 0.416 e. The lowest BCUT2D eigenvalue weighted by Crippen LogP contribution is -2.49. The van der Waals surface area contributed by atoms with E-state index in [1.165, 1.54) is 54.6 Å². The van der Waals surface area contributed by atoms with Crippen molar-refractivity contribution in [2.24, 2.45) is 0 Å². The largest absolute Gasteiger partial charge is 0.416 e. The number of sulfonamides is 2. The third kappa shape index (κ3) is 7.14. The summed E-state index contributed by atoms with van der Waals surface area (Å²) in [7, 11) is -9.40. The number of nitrogens with zero attached hydrogens (tertiary/aromatic N) is 4. The topological polar surface area (TPSA) is 115 Å². The summed E-state index contributed by atoms with van der Waals surface area (Å²) in [5, 5.41) is 0. The van der Waals surface area contributed by atoms with E-state index in [1.54, 1.807) is 13.8 Å². The van der Waals surface area contributed by atoms with Crippen LogP contribution in [0.15, 0.2) is 119 Å². The fraction of sp³-hybridized carbons (Fsp3) is 0.222. The quantitative estimate of drug-likeness (QED) is 0.176. The Morgan fingerprint density at radius 3 is 1.57 bits per heavy atom. The van der Waals surface area contributed by atoms with E-state index in [1.807, 2.05) is 0 Å². The zero-order valence-electron chi connectivity index (χ0n) is 28.3. The van der Waals surface area contributed by atoms with Gasteiger partial charge in [-0.1, -0.05) is 53.6 Å². The van der Waals surface area contributed by atoms with Gasteiger partial charge in [0, 0.05) is 17.9 Å². The van der Waals surface area contributed by atoms with Crippen molar-refractivity contribution in [2.75, 3.05) is 22.9 Å². The Morgan fingerprint density at radius 1 is 0.611 bits per heavy atom. The molecule has 0 bridgehead atoms.